The fraction of sp³-hybridized carbons (Fsp3) is 0.333. The first kappa shape index (κ1) is 26.8. The maximum atomic E-state index is 13.6. The monoisotopic (exact) mass is 488 g/mol. The van der Waals surface area contributed by atoms with Gasteiger partial charge in [-0.1, -0.05) is 74.0 Å². The Hall–Kier alpha value is -3.80. The van der Waals surface area contributed by atoms with Crippen LogP contribution in [0.5, 0.6) is 11.5 Å². The maximum absolute atomic E-state index is 13.6. The highest BCUT2D eigenvalue weighted by Crippen LogP contribution is 2.19. The number of hydrogen-bond acceptors (Lipinski definition) is 4. The molecule has 0 aromatic heterocycles. The van der Waals surface area contributed by atoms with Crippen molar-refractivity contribution in [3.8, 4) is 11.5 Å². The first-order chi connectivity index (χ1) is 17.4. The van der Waals surface area contributed by atoms with Crippen LogP contribution in [0.15, 0.2) is 78.9 Å². The SMILES string of the molecule is COc1ccc(OCC(=O)N(Cc2ccc(C)cc2)C(Cc2ccccc2)C(=O)NCC(C)C)cc1. The van der Waals surface area contributed by atoms with Crippen LogP contribution in [0.1, 0.15) is 30.5 Å². The van der Waals surface area contributed by atoms with Crippen molar-refractivity contribution in [1.29, 1.82) is 0 Å². The summed E-state index contributed by atoms with van der Waals surface area (Å²) in [5.41, 5.74) is 3.07. The van der Waals surface area contributed by atoms with Gasteiger partial charge in [0, 0.05) is 19.5 Å². The first-order valence-corrected chi connectivity index (χ1v) is 12.3. The number of methoxy groups -OCH3 is 1. The van der Waals surface area contributed by atoms with Crippen LogP contribution in [-0.4, -0.2) is 43.0 Å². The van der Waals surface area contributed by atoms with E-state index in [1.165, 1.54) is 0 Å². The number of benzene rings is 3. The Morgan fingerprint density at radius 1 is 0.861 bits per heavy atom. The lowest BCUT2D eigenvalue weighted by Gasteiger charge is -2.31. The molecule has 6 heteroatoms. The van der Waals surface area contributed by atoms with E-state index in [9.17, 15) is 9.59 Å². The Morgan fingerprint density at radius 2 is 1.50 bits per heavy atom. The molecule has 0 saturated heterocycles. The summed E-state index contributed by atoms with van der Waals surface area (Å²) in [5.74, 6) is 1.14. The first-order valence-electron chi connectivity index (χ1n) is 12.3. The molecule has 1 atom stereocenters. The van der Waals surface area contributed by atoms with Crippen molar-refractivity contribution in [2.75, 3.05) is 20.3 Å². The van der Waals surface area contributed by atoms with E-state index < -0.39 is 6.04 Å². The van der Waals surface area contributed by atoms with Crippen LogP contribution >= 0.6 is 0 Å². The Morgan fingerprint density at radius 3 is 2.11 bits per heavy atom. The molecule has 0 aliphatic carbocycles. The zero-order valence-corrected chi connectivity index (χ0v) is 21.6. The molecule has 190 valence electrons. The van der Waals surface area contributed by atoms with E-state index >= 15 is 0 Å². The summed E-state index contributed by atoms with van der Waals surface area (Å²) < 4.78 is 11.0. The molecule has 36 heavy (non-hydrogen) atoms. The highest BCUT2D eigenvalue weighted by Gasteiger charge is 2.30. The second-order valence-corrected chi connectivity index (χ2v) is 9.32. The molecule has 0 bridgehead atoms. The van der Waals surface area contributed by atoms with Crippen molar-refractivity contribution < 1.29 is 19.1 Å². The summed E-state index contributed by atoms with van der Waals surface area (Å²) in [6.45, 7) is 6.78. The largest absolute Gasteiger partial charge is 0.497 e. The molecule has 0 saturated carbocycles. The minimum Gasteiger partial charge on any atom is -0.497 e. The summed E-state index contributed by atoms with van der Waals surface area (Å²) >= 11 is 0. The Labute approximate surface area is 214 Å². The molecular weight excluding hydrogens is 452 g/mol. The molecule has 0 fully saturated rings. The average molecular weight is 489 g/mol. The number of hydrogen-bond donors (Lipinski definition) is 1. The lowest BCUT2D eigenvalue weighted by atomic mass is 10.0. The summed E-state index contributed by atoms with van der Waals surface area (Å²) in [4.78, 5) is 28.6. The number of nitrogens with one attached hydrogen (secondary N) is 1. The van der Waals surface area contributed by atoms with E-state index in [0.29, 0.717) is 36.9 Å². The summed E-state index contributed by atoms with van der Waals surface area (Å²) in [7, 11) is 1.60. The van der Waals surface area contributed by atoms with Crippen LogP contribution in [0.25, 0.3) is 0 Å². The molecule has 2 amide bonds. The predicted molar refractivity (Wildman–Crippen MR) is 142 cm³/mol. The quantitative estimate of drug-likeness (QED) is 0.398. The highest BCUT2D eigenvalue weighted by atomic mass is 16.5. The number of nitrogens with zero attached hydrogens (tertiary/aromatic N) is 1. The molecule has 6 nitrogen and oxygen atoms in total. The Bertz CT molecular complexity index is 1100. The average Bonchev–Trinajstić information content (AvgIpc) is 2.89. The molecule has 0 aliphatic heterocycles. The fourth-order valence-corrected chi connectivity index (χ4v) is 3.77. The predicted octanol–water partition coefficient (Wildman–Crippen LogP) is 4.79. The zero-order chi connectivity index (χ0) is 25.9. The van der Waals surface area contributed by atoms with Gasteiger partial charge in [0.1, 0.15) is 17.5 Å². The normalized spacial score (nSPS) is 11.6. The molecule has 0 aliphatic rings. The van der Waals surface area contributed by atoms with Crippen molar-refractivity contribution in [2.24, 2.45) is 5.92 Å². The van der Waals surface area contributed by atoms with Gasteiger partial charge >= 0.3 is 0 Å². The number of ether oxygens (including phenoxy) is 2. The molecule has 0 heterocycles. The van der Waals surface area contributed by atoms with Crippen LogP contribution in [0.3, 0.4) is 0 Å². The maximum Gasteiger partial charge on any atom is 0.261 e. The molecule has 1 N–H and O–H groups in total. The van der Waals surface area contributed by atoms with Gasteiger partial charge in [-0.15, -0.1) is 0 Å². The van der Waals surface area contributed by atoms with E-state index in [2.05, 4.69) is 5.32 Å². The zero-order valence-electron chi connectivity index (χ0n) is 21.6. The van der Waals surface area contributed by atoms with Gasteiger partial charge in [-0.05, 0) is 48.2 Å². The van der Waals surface area contributed by atoms with Crippen molar-refractivity contribution in [3.63, 3.8) is 0 Å². The second kappa shape index (κ2) is 13.3. The van der Waals surface area contributed by atoms with Gasteiger partial charge in [0.05, 0.1) is 7.11 Å². The lowest BCUT2D eigenvalue weighted by Crippen LogP contribution is -2.52. The van der Waals surface area contributed by atoms with Crippen LogP contribution in [0, 0.1) is 12.8 Å². The summed E-state index contributed by atoms with van der Waals surface area (Å²) in [6, 6.07) is 24.2. The Balaban J connectivity index is 1.87. The Kier molecular flexibility index (Phi) is 9.92. The van der Waals surface area contributed by atoms with Gasteiger partial charge in [0.2, 0.25) is 5.91 Å². The van der Waals surface area contributed by atoms with Crippen LogP contribution < -0.4 is 14.8 Å². The van der Waals surface area contributed by atoms with E-state index in [1.807, 2.05) is 75.4 Å². The minimum absolute atomic E-state index is 0.169. The van der Waals surface area contributed by atoms with Crippen LogP contribution in [0.2, 0.25) is 0 Å². The fourth-order valence-electron chi connectivity index (χ4n) is 3.77. The molecule has 0 spiro atoms. The van der Waals surface area contributed by atoms with Crippen molar-refractivity contribution in [2.45, 2.75) is 39.8 Å². The lowest BCUT2D eigenvalue weighted by molar-refractivity contribution is -0.142. The molecule has 3 rings (SSSR count). The molecular formula is C30H36N2O4. The van der Waals surface area contributed by atoms with Gasteiger partial charge in [0.15, 0.2) is 6.61 Å². The number of amides is 2. The van der Waals surface area contributed by atoms with Crippen molar-refractivity contribution in [3.05, 3.63) is 95.6 Å². The van der Waals surface area contributed by atoms with Crippen LogP contribution in [-0.2, 0) is 22.6 Å². The highest BCUT2D eigenvalue weighted by molar-refractivity contribution is 5.88. The molecule has 3 aromatic rings. The topological polar surface area (TPSA) is 67.9 Å². The number of carbonyl (C=O) groups excluding carboxylic acids is 2. The third kappa shape index (κ3) is 8.15. The van der Waals surface area contributed by atoms with Gasteiger partial charge in [0.25, 0.3) is 5.91 Å². The molecule has 1 unspecified atom stereocenters. The summed E-state index contributed by atoms with van der Waals surface area (Å²) in [5, 5.41) is 3.03. The standard InChI is InChI=1S/C30H36N2O4/c1-22(2)19-31-30(34)28(18-24-8-6-5-7-9-24)32(20-25-12-10-23(3)11-13-25)29(33)21-36-27-16-14-26(35-4)15-17-27/h5-17,22,28H,18-21H2,1-4H3,(H,31,34). The van der Waals surface area contributed by atoms with Crippen molar-refractivity contribution in [1.82, 2.24) is 10.2 Å². The van der Waals surface area contributed by atoms with Gasteiger partial charge in [-0.2, -0.15) is 0 Å². The molecule has 0 radical (unpaired) electrons. The van der Waals surface area contributed by atoms with Gasteiger partial charge in [-0.25, -0.2) is 0 Å². The van der Waals surface area contributed by atoms with E-state index in [0.717, 1.165) is 16.7 Å². The third-order valence-electron chi connectivity index (χ3n) is 5.85. The van der Waals surface area contributed by atoms with Gasteiger partial charge < -0.3 is 19.7 Å². The van der Waals surface area contributed by atoms with Gasteiger partial charge in [-0.3, -0.25) is 9.59 Å². The smallest absolute Gasteiger partial charge is 0.261 e. The third-order valence-corrected chi connectivity index (χ3v) is 5.85. The van der Waals surface area contributed by atoms with E-state index in [-0.39, 0.29) is 18.4 Å². The van der Waals surface area contributed by atoms with E-state index in [1.54, 1.807) is 36.3 Å². The second-order valence-electron chi connectivity index (χ2n) is 9.32. The number of carbonyl (C=O) groups is 2. The number of rotatable bonds is 12. The van der Waals surface area contributed by atoms with E-state index in [4.69, 9.17) is 9.47 Å². The van der Waals surface area contributed by atoms with Crippen LogP contribution in [0.4, 0.5) is 0 Å². The minimum atomic E-state index is -0.681. The molecule has 3 aromatic carbocycles. The van der Waals surface area contributed by atoms with Crippen molar-refractivity contribution >= 4 is 11.8 Å². The number of aryl methyl sites for hydroxylation is 1. The summed E-state index contributed by atoms with van der Waals surface area (Å²) in [6.07, 6.45) is 0.408.